The summed E-state index contributed by atoms with van der Waals surface area (Å²) in [6.07, 6.45) is 3.07. The molecular weight excluding hydrogens is 357 g/mol. The minimum absolute atomic E-state index is 0.171. The summed E-state index contributed by atoms with van der Waals surface area (Å²) < 4.78 is 0. The number of fused-ring (bicyclic) bond motifs is 3. The second kappa shape index (κ2) is 5.35. The average Bonchev–Trinajstić information content (AvgIpc) is 3.20. The molecule has 0 radical (unpaired) electrons. The summed E-state index contributed by atoms with van der Waals surface area (Å²) in [5.41, 5.74) is 5.67. The number of allylic oxidation sites excluding steroid dienone is 2. The Hall–Kier alpha value is -2.30. The largest absolute Gasteiger partial charge is 0.358 e. The lowest BCUT2D eigenvalue weighted by molar-refractivity contribution is -0.115. The van der Waals surface area contributed by atoms with Crippen LogP contribution in [0.2, 0.25) is 10.0 Å². The number of hydrogen-bond donors (Lipinski definition) is 2. The van der Waals surface area contributed by atoms with Gasteiger partial charge in [0.1, 0.15) is 0 Å². The highest BCUT2D eigenvalue weighted by molar-refractivity contribution is 6.35. The first-order chi connectivity index (χ1) is 12.1. The lowest BCUT2D eigenvalue weighted by Crippen LogP contribution is -2.19. The topological polar surface area (TPSA) is 57.8 Å². The number of carbonyl (C=O) groups is 1. The molecule has 0 fully saturated rings. The first-order valence-electron chi connectivity index (χ1n) is 8.07. The average molecular weight is 370 g/mol. The molecule has 4 nitrogen and oxygen atoms in total. The standard InChI is InChI=1S/C19H13Cl2N3O/c20-9-1-2-10(12(21)7-9)18-17-11-8-22-24-13(11)3-4-14(17)23-15-5-6-16(25)19(15)18/h1-4,7-8,18,23H,5-6H2,(H,22,24). The summed E-state index contributed by atoms with van der Waals surface area (Å²) in [6.45, 7) is 0. The summed E-state index contributed by atoms with van der Waals surface area (Å²) in [4.78, 5) is 12.7. The van der Waals surface area contributed by atoms with Crippen molar-refractivity contribution in [2.75, 3.05) is 5.32 Å². The van der Waals surface area contributed by atoms with Gasteiger partial charge in [0.25, 0.3) is 0 Å². The number of carbonyl (C=O) groups excluding carboxylic acids is 1. The van der Waals surface area contributed by atoms with Crippen molar-refractivity contribution in [1.82, 2.24) is 10.2 Å². The quantitative estimate of drug-likeness (QED) is 0.631. The zero-order chi connectivity index (χ0) is 17.1. The monoisotopic (exact) mass is 369 g/mol. The first kappa shape index (κ1) is 15.0. The Bertz CT molecular complexity index is 1080. The van der Waals surface area contributed by atoms with Crippen LogP contribution >= 0.6 is 23.2 Å². The number of nitrogens with one attached hydrogen (secondary N) is 2. The number of benzene rings is 2. The third kappa shape index (κ3) is 2.14. The molecule has 2 aliphatic rings. The third-order valence-electron chi connectivity index (χ3n) is 5.03. The van der Waals surface area contributed by atoms with Crippen LogP contribution in [-0.2, 0) is 4.79 Å². The fraction of sp³-hybridized carbons (Fsp3) is 0.158. The lowest BCUT2D eigenvalue weighted by atomic mass is 9.79. The van der Waals surface area contributed by atoms with Crippen molar-refractivity contribution in [3.8, 4) is 0 Å². The highest BCUT2D eigenvalue weighted by Crippen LogP contribution is 2.49. The van der Waals surface area contributed by atoms with Gasteiger partial charge in [-0.2, -0.15) is 5.10 Å². The molecule has 0 spiro atoms. The van der Waals surface area contributed by atoms with Crippen molar-refractivity contribution in [2.45, 2.75) is 18.8 Å². The predicted molar refractivity (Wildman–Crippen MR) is 99.3 cm³/mol. The SMILES string of the molecule is O=C1CCC2=C1C(c1ccc(Cl)cc1Cl)c1c(ccc3[nH]ncc13)N2. The predicted octanol–water partition coefficient (Wildman–Crippen LogP) is 5.04. The van der Waals surface area contributed by atoms with Gasteiger partial charge >= 0.3 is 0 Å². The number of hydrogen-bond acceptors (Lipinski definition) is 3. The summed E-state index contributed by atoms with van der Waals surface area (Å²) in [7, 11) is 0. The molecule has 25 heavy (non-hydrogen) atoms. The van der Waals surface area contributed by atoms with Crippen LogP contribution in [0.5, 0.6) is 0 Å². The summed E-state index contributed by atoms with van der Waals surface area (Å²) in [5, 5.41) is 12.8. The molecule has 2 N–H and O–H groups in total. The maximum absolute atomic E-state index is 12.7. The summed E-state index contributed by atoms with van der Waals surface area (Å²) >= 11 is 12.6. The van der Waals surface area contributed by atoms with Gasteiger partial charge in [0.2, 0.25) is 0 Å². The summed E-state index contributed by atoms with van der Waals surface area (Å²) in [6, 6.07) is 9.49. The molecule has 1 aromatic heterocycles. The van der Waals surface area contributed by atoms with Gasteiger partial charge in [-0.3, -0.25) is 9.89 Å². The zero-order valence-corrected chi connectivity index (χ0v) is 14.6. The van der Waals surface area contributed by atoms with Crippen molar-refractivity contribution >= 4 is 45.6 Å². The van der Waals surface area contributed by atoms with E-state index in [9.17, 15) is 4.79 Å². The minimum Gasteiger partial charge on any atom is -0.358 e. The Morgan fingerprint density at radius 1 is 1.12 bits per heavy atom. The number of rotatable bonds is 1. The van der Waals surface area contributed by atoms with Gasteiger partial charge < -0.3 is 5.32 Å². The highest BCUT2D eigenvalue weighted by atomic mass is 35.5. The summed E-state index contributed by atoms with van der Waals surface area (Å²) in [5.74, 6) is -0.0445. The first-order valence-corrected chi connectivity index (χ1v) is 8.83. The van der Waals surface area contributed by atoms with Crippen molar-refractivity contribution in [2.24, 2.45) is 0 Å². The number of halogens is 2. The third-order valence-corrected chi connectivity index (χ3v) is 5.59. The van der Waals surface area contributed by atoms with E-state index in [-0.39, 0.29) is 11.7 Å². The van der Waals surface area contributed by atoms with E-state index in [2.05, 4.69) is 15.5 Å². The molecule has 5 rings (SSSR count). The normalized spacial score (nSPS) is 19.1. The van der Waals surface area contributed by atoms with Crippen molar-refractivity contribution in [3.63, 3.8) is 0 Å². The van der Waals surface area contributed by atoms with Crippen LogP contribution in [0.1, 0.15) is 29.9 Å². The molecule has 2 heterocycles. The van der Waals surface area contributed by atoms with Gasteiger partial charge in [-0.25, -0.2) is 0 Å². The molecule has 1 atom stereocenters. The highest BCUT2D eigenvalue weighted by Gasteiger charge is 2.38. The van der Waals surface area contributed by atoms with E-state index in [1.54, 1.807) is 12.3 Å². The van der Waals surface area contributed by atoms with Gasteiger partial charge in [0.05, 0.1) is 11.7 Å². The molecule has 0 saturated heterocycles. The molecule has 124 valence electrons. The van der Waals surface area contributed by atoms with Gasteiger partial charge in [-0.05, 0) is 41.8 Å². The fourth-order valence-electron chi connectivity index (χ4n) is 3.95. The van der Waals surface area contributed by atoms with Gasteiger partial charge in [0, 0.05) is 44.7 Å². The number of aromatic amines is 1. The van der Waals surface area contributed by atoms with Crippen molar-refractivity contribution in [3.05, 3.63) is 69.0 Å². The van der Waals surface area contributed by atoms with Crippen LogP contribution in [0.15, 0.2) is 47.8 Å². The number of aromatic nitrogens is 2. The molecule has 2 aromatic carbocycles. The van der Waals surface area contributed by atoms with Gasteiger partial charge in [0.15, 0.2) is 5.78 Å². The molecule has 1 unspecified atom stereocenters. The molecule has 0 saturated carbocycles. The van der Waals surface area contributed by atoms with Crippen LogP contribution in [0.25, 0.3) is 10.9 Å². The van der Waals surface area contributed by atoms with Crippen LogP contribution in [0, 0.1) is 0 Å². The molecule has 3 aromatic rings. The van der Waals surface area contributed by atoms with Crippen LogP contribution in [0.4, 0.5) is 5.69 Å². The maximum atomic E-state index is 12.7. The second-order valence-corrected chi connectivity index (χ2v) is 7.24. The number of H-pyrrole nitrogens is 1. The van der Waals surface area contributed by atoms with Crippen molar-refractivity contribution in [1.29, 1.82) is 0 Å². The fourth-order valence-corrected chi connectivity index (χ4v) is 4.47. The van der Waals surface area contributed by atoms with E-state index in [1.807, 2.05) is 24.3 Å². The number of Topliss-reactive ketones (excluding diaryl/α,β-unsaturated/α-hetero) is 1. The van der Waals surface area contributed by atoms with Gasteiger partial charge in [-0.1, -0.05) is 29.3 Å². The molecule has 1 aliphatic heterocycles. The number of anilines is 1. The number of nitrogens with zero attached hydrogens (tertiary/aromatic N) is 1. The van der Waals surface area contributed by atoms with E-state index < -0.39 is 0 Å². The zero-order valence-electron chi connectivity index (χ0n) is 13.1. The van der Waals surface area contributed by atoms with Crippen LogP contribution in [-0.4, -0.2) is 16.0 Å². The van der Waals surface area contributed by atoms with Gasteiger partial charge in [-0.15, -0.1) is 0 Å². The van der Waals surface area contributed by atoms with Crippen LogP contribution < -0.4 is 5.32 Å². The van der Waals surface area contributed by atoms with E-state index in [1.165, 1.54) is 0 Å². The number of ketones is 1. The molecule has 0 bridgehead atoms. The Morgan fingerprint density at radius 3 is 2.84 bits per heavy atom. The Balaban J connectivity index is 1.85. The van der Waals surface area contributed by atoms with E-state index in [0.29, 0.717) is 16.5 Å². The lowest BCUT2D eigenvalue weighted by Gasteiger charge is -2.30. The van der Waals surface area contributed by atoms with E-state index >= 15 is 0 Å². The van der Waals surface area contributed by atoms with E-state index in [0.717, 1.165) is 45.4 Å². The van der Waals surface area contributed by atoms with E-state index in [4.69, 9.17) is 23.2 Å². The minimum atomic E-state index is -0.215. The Labute approximate surface area is 153 Å². The molecule has 1 aliphatic carbocycles. The smallest absolute Gasteiger partial charge is 0.161 e. The maximum Gasteiger partial charge on any atom is 0.161 e. The van der Waals surface area contributed by atoms with Crippen LogP contribution in [0.3, 0.4) is 0 Å². The Morgan fingerprint density at radius 2 is 2.00 bits per heavy atom. The Kier molecular flexibility index (Phi) is 3.21. The molecule has 6 heteroatoms. The van der Waals surface area contributed by atoms with Crippen molar-refractivity contribution < 1.29 is 4.79 Å². The molecular formula is C19H13Cl2N3O. The molecule has 0 amide bonds. The second-order valence-electron chi connectivity index (χ2n) is 6.40.